The maximum Gasteiger partial charge on any atom is 0.510 e. The van der Waals surface area contributed by atoms with Gasteiger partial charge in [0.05, 0.1) is 6.61 Å². The van der Waals surface area contributed by atoms with Crippen LogP contribution in [0.1, 0.15) is 36.0 Å². The minimum Gasteiger partial charge on any atom is -0.435 e. The summed E-state index contributed by atoms with van der Waals surface area (Å²) < 4.78 is 10.6. The van der Waals surface area contributed by atoms with Crippen LogP contribution in [0.15, 0.2) is 36.4 Å². The molecule has 2 aliphatic rings. The Hall–Kier alpha value is -1.91. The second-order valence-corrected chi connectivity index (χ2v) is 7.44. The third-order valence-corrected chi connectivity index (χ3v) is 5.67. The minimum atomic E-state index is -0.667. The van der Waals surface area contributed by atoms with Crippen LogP contribution in [0.25, 0.3) is 0 Å². The zero-order valence-electron chi connectivity index (χ0n) is 14.3. The van der Waals surface area contributed by atoms with Crippen molar-refractivity contribution in [2.24, 2.45) is 5.92 Å². The predicted molar refractivity (Wildman–Crippen MR) is 102 cm³/mol. The number of ether oxygens (including phenoxy) is 2. The largest absolute Gasteiger partial charge is 0.510 e. The number of anilines is 1. The van der Waals surface area contributed by atoms with E-state index in [0.29, 0.717) is 10.0 Å². The summed E-state index contributed by atoms with van der Waals surface area (Å²) in [6.45, 7) is 2.03. The van der Waals surface area contributed by atoms with Crippen molar-refractivity contribution in [1.82, 2.24) is 0 Å². The van der Waals surface area contributed by atoms with Crippen LogP contribution in [0.2, 0.25) is 10.0 Å². The number of halogens is 2. The lowest BCUT2D eigenvalue weighted by molar-refractivity contribution is 0.00758. The molecule has 0 bridgehead atoms. The fourth-order valence-corrected chi connectivity index (χ4v) is 4.74. The van der Waals surface area contributed by atoms with Gasteiger partial charge in [-0.1, -0.05) is 47.5 Å². The average molecular weight is 392 g/mol. The number of fused-ring (bicyclic) bond motifs is 5. The summed E-state index contributed by atoms with van der Waals surface area (Å²) in [5.41, 5.74) is 4.35. The second kappa shape index (κ2) is 7.01. The van der Waals surface area contributed by atoms with Crippen molar-refractivity contribution in [2.75, 3.05) is 11.9 Å². The van der Waals surface area contributed by atoms with E-state index in [1.807, 2.05) is 12.1 Å². The van der Waals surface area contributed by atoms with Crippen molar-refractivity contribution in [2.45, 2.75) is 31.9 Å². The van der Waals surface area contributed by atoms with E-state index in [-0.39, 0.29) is 18.4 Å². The molecule has 0 spiro atoms. The number of rotatable bonds is 2. The lowest BCUT2D eigenvalue weighted by Gasteiger charge is -2.43. The molecule has 3 unspecified atom stereocenters. The van der Waals surface area contributed by atoms with Crippen LogP contribution < -0.4 is 5.32 Å². The number of hydrogen-bond donors (Lipinski definition) is 1. The zero-order chi connectivity index (χ0) is 18.3. The van der Waals surface area contributed by atoms with Crippen molar-refractivity contribution >= 4 is 35.0 Å². The van der Waals surface area contributed by atoms with Gasteiger partial charge < -0.3 is 14.8 Å². The zero-order valence-corrected chi connectivity index (χ0v) is 15.8. The Balaban J connectivity index is 1.81. The SMILES string of the molecule is CCOC(=O)OC1Nc2cc(Cl)cc(Cl)c2C2c3ccccc3CCC12. The minimum absolute atomic E-state index is 0.0420. The van der Waals surface area contributed by atoms with Gasteiger partial charge in [0, 0.05) is 33.1 Å². The smallest absolute Gasteiger partial charge is 0.435 e. The molecule has 1 aliphatic carbocycles. The molecule has 1 aliphatic heterocycles. The first-order chi connectivity index (χ1) is 12.6. The molecule has 0 saturated carbocycles. The summed E-state index contributed by atoms with van der Waals surface area (Å²) in [5.74, 6) is 0.112. The summed E-state index contributed by atoms with van der Waals surface area (Å²) in [4.78, 5) is 11.9. The van der Waals surface area contributed by atoms with Crippen molar-refractivity contribution < 1.29 is 14.3 Å². The Kier molecular flexibility index (Phi) is 4.72. The Bertz CT molecular complexity index is 855. The van der Waals surface area contributed by atoms with Crippen LogP contribution in [0.4, 0.5) is 10.5 Å². The lowest BCUT2D eigenvalue weighted by atomic mass is 9.69. The molecule has 0 fully saturated rings. The van der Waals surface area contributed by atoms with Crippen LogP contribution in [-0.4, -0.2) is 19.0 Å². The maximum absolute atomic E-state index is 11.9. The third kappa shape index (κ3) is 3.01. The summed E-state index contributed by atoms with van der Waals surface area (Å²) >= 11 is 12.8. The fraction of sp³-hybridized carbons (Fsp3) is 0.350. The van der Waals surface area contributed by atoms with Crippen molar-refractivity contribution in [3.8, 4) is 0 Å². The molecule has 136 valence electrons. The molecular weight excluding hydrogens is 373 g/mol. The molecule has 0 aromatic heterocycles. The molecule has 4 rings (SSSR count). The van der Waals surface area contributed by atoms with E-state index in [9.17, 15) is 4.79 Å². The molecule has 0 radical (unpaired) electrons. The second-order valence-electron chi connectivity index (χ2n) is 6.59. The Morgan fingerprint density at radius 1 is 1.27 bits per heavy atom. The number of hydrogen-bond acceptors (Lipinski definition) is 4. The first-order valence-electron chi connectivity index (χ1n) is 8.75. The lowest BCUT2D eigenvalue weighted by Crippen LogP contribution is -2.43. The van der Waals surface area contributed by atoms with E-state index < -0.39 is 12.4 Å². The average Bonchev–Trinajstić information content (AvgIpc) is 2.61. The predicted octanol–water partition coefficient (Wildman–Crippen LogP) is 5.61. The van der Waals surface area contributed by atoms with Crippen molar-refractivity contribution in [1.29, 1.82) is 0 Å². The summed E-state index contributed by atoms with van der Waals surface area (Å²) in [5, 5.41) is 4.47. The molecule has 6 heteroatoms. The van der Waals surface area contributed by atoms with Gasteiger partial charge in [-0.15, -0.1) is 0 Å². The van der Waals surface area contributed by atoms with Crippen molar-refractivity contribution in [3.05, 3.63) is 63.1 Å². The third-order valence-electron chi connectivity index (χ3n) is 5.14. The fourth-order valence-electron chi connectivity index (χ4n) is 4.13. The van der Waals surface area contributed by atoms with Gasteiger partial charge in [0.15, 0.2) is 6.23 Å². The molecule has 1 N–H and O–H groups in total. The Morgan fingerprint density at radius 3 is 2.88 bits per heavy atom. The molecule has 4 nitrogen and oxygen atoms in total. The van der Waals surface area contributed by atoms with Crippen LogP contribution in [0.3, 0.4) is 0 Å². The van der Waals surface area contributed by atoms with E-state index in [1.54, 1.807) is 13.0 Å². The molecular formula is C20H19Cl2NO3. The molecule has 0 amide bonds. The first-order valence-corrected chi connectivity index (χ1v) is 9.50. The quantitative estimate of drug-likeness (QED) is 0.675. The number of nitrogens with one attached hydrogen (secondary N) is 1. The highest BCUT2D eigenvalue weighted by Gasteiger charge is 2.43. The standard InChI is InChI=1S/C20H19Cl2NO3/c1-2-25-20(24)26-19-14-8-7-11-5-3-4-6-13(11)17(14)18-15(22)9-12(21)10-16(18)23-19/h3-6,9-10,14,17,19,23H,2,7-8H2,1H3. The van der Waals surface area contributed by atoms with Gasteiger partial charge in [0.1, 0.15) is 0 Å². The molecule has 2 aromatic rings. The van der Waals surface area contributed by atoms with Crippen LogP contribution in [0, 0.1) is 5.92 Å². The highest BCUT2D eigenvalue weighted by atomic mass is 35.5. The number of carbonyl (C=O) groups is 1. The van der Waals surface area contributed by atoms with E-state index in [2.05, 4.69) is 23.5 Å². The highest BCUT2D eigenvalue weighted by molar-refractivity contribution is 6.35. The monoisotopic (exact) mass is 391 g/mol. The van der Waals surface area contributed by atoms with E-state index in [0.717, 1.165) is 24.1 Å². The summed E-state index contributed by atoms with van der Waals surface area (Å²) in [6, 6.07) is 12.0. The van der Waals surface area contributed by atoms with Gasteiger partial charge in [0.2, 0.25) is 0 Å². The normalized spacial score (nSPS) is 23.1. The Morgan fingerprint density at radius 2 is 2.08 bits per heavy atom. The summed E-state index contributed by atoms with van der Waals surface area (Å²) in [7, 11) is 0. The van der Waals surface area contributed by atoms with Gasteiger partial charge in [-0.05, 0) is 43.0 Å². The van der Waals surface area contributed by atoms with Gasteiger partial charge in [-0.2, -0.15) is 0 Å². The van der Waals surface area contributed by atoms with Crippen molar-refractivity contribution in [3.63, 3.8) is 0 Å². The molecule has 1 heterocycles. The number of benzene rings is 2. The van der Waals surface area contributed by atoms with Gasteiger partial charge >= 0.3 is 6.16 Å². The van der Waals surface area contributed by atoms with Crippen LogP contribution >= 0.6 is 23.2 Å². The molecule has 26 heavy (non-hydrogen) atoms. The van der Waals surface area contributed by atoms with Crippen LogP contribution in [-0.2, 0) is 15.9 Å². The van der Waals surface area contributed by atoms with Gasteiger partial charge in [0.25, 0.3) is 0 Å². The topological polar surface area (TPSA) is 47.6 Å². The first kappa shape index (κ1) is 17.5. The maximum atomic E-state index is 11.9. The van der Waals surface area contributed by atoms with Gasteiger partial charge in [-0.3, -0.25) is 0 Å². The highest BCUT2D eigenvalue weighted by Crippen LogP contribution is 2.51. The van der Waals surface area contributed by atoms with Gasteiger partial charge in [-0.25, -0.2) is 4.79 Å². The van der Waals surface area contributed by atoms with Crippen LogP contribution in [0.5, 0.6) is 0 Å². The molecule has 2 aromatic carbocycles. The van der Waals surface area contributed by atoms with E-state index >= 15 is 0 Å². The Labute approximate surface area is 162 Å². The molecule has 0 saturated heterocycles. The van der Waals surface area contributed by atoms with E-state index in [4.69, 9.17) is 32.7 Å². The number of aryl methyl sites for hydroxylation is 1. The number of carbonyl (C=O) groups excluding carboxylic acids is 1. The van der Waals surface area contributed by atoms with E-state index in [1.165, 1.54) is 11.1 Å². The summed E-state index contributed by atoms with van der Waals surface area (Å²) in [6.07, 6.45) is 0.660. The molecule has 3 atom stereocenters.